The fourth-order valence-electron chi connectivity index (χ4n) is 4.13. The van der Waals surface area contributed by atoms with Gasteiger partial charge in [-0.1, -0.05) is 19.1 Å². The standard InChI is InChI=1S/C29H27NO7/c1-4-17-36-23-11-7-20(8-12-23)27(32)25-26(19-5-13-24(14-6-19)37-18(2)31)30(29(34)28(25)33)21-9-15-22(35-3)16-10-21/h5-16,26,32H,4,17H2,1-3H3/b27-25+. The van der Waals surface area contributed by atoms with Crippen molar-refractivity contribution in [3.05, 3.63) is 89.5 Å². The van der Waals surface area contributed by atoms with Crippen molar-refractivity contribution in [1.29, 1.82) is 0 Å². The number of carbonyl (C=O) groups is 3. The zero-order valence-electron chi connectivity index (χ0n) is 20.8. The zero-order valence-corrected chi connectivity index (χ0v) is 20.8. The van der Waals surface area contributed by atoms with Crippen molar-refractivity contribution < 1.29 is 33.7 Å². The topological polar surface area (TPSA) is 102 Å². The Hall–Kier alpha value is -4.59. The summed E-state index contributed by atoms with van der Waals surface area (Å²) in [6.07, 6.45) is 0.854. The van der Waals surface area contributed by atoms with Gasteiger partial charge in [-0.3, -0.25) is 19.3 Å². The van der Waals surface area contributed by atoms with E-state index in [9.17, 15) is 19.5 Å². The summed E-state index contributed by atoms with van der Waals surface area (Å²) in [5, 5.41) is 11.3. The molecule has 37 heavy (non-hydrogen) atoms. The fourth-order valence-corrected chi connectivity index (χ4v) is 4.13. The molecule has 1 atom stereocenters. The van der Waals surface area contributed by atoms with Crippen LogP contribution in [-0.4, -0.2) is 36.5 Å². The SMILES string of the molecule is CCCOc1ccc(/C(O)=C2\C(=O)C(=O)N(c3ccc(OC)cc3)C2c2ccc(OC(C)=O)cc2)cc1. The number of ketones is 1. The monoisotopic (exact) mass is 501 g/mol. The van der Waals surface area contributed by atoms with Crippen LogP contribution in [0.25, 0.3) is 5.76 Å². The highest BCUT2D eigenvalue weighted by molar-refractivity contribution is 6.51. The van der Waals surface area contributed by atoms with Gasteiger partial charge in [-0.15, -0.1) is 0 Å². The number of rotatable bonds is 8. The molecule has 0 aliphatic carbocycles. The number of esters is 1. The number of hydrogen-bond acceptors (Lipinski definition) is 7. The maximum absolute atomic E-state index is 13.3. The van der Waals surface area contributed by atoms with E-state index in [0.717, 1.165) is 6.42 Å². The Kier molecular flexibility index (Phi) is 7.57. The number of Topliss-reactive ketones (excluding diaryl/α,β-unsaturated/α-hetero) is 1. The lowest BCUT2D eigenvalue weighted by Crippen LogP contribution is -2.29. The largest absolute Gasteiger partial charge is 0.507 e. The van der Waals surface area contributed by atoms with Gasteiger partial charge in [-0.25, -0.2) is 0 Å². The van der Waals surface area contributed by atoms with E-state index in [-0.39, 0.29) is 11.3 Å². The zero-order chi connectivity index (χ0) is 26.5. The molecule has 1 unspecified atom stereocenters. The van der Waals surface area contributed by atoms with Crippen molar-refractivity contribution in [2.24, 2.45) is 0 Å². The lowest BCUT2D eigenvalue weighted by Gasteiger charge is -2.25. The van der Waals surface area contributed by atoms with Gasteiger partial charge < -0.3 is 19.3 Å². The molecule has 8 heteroatoms. The summed E-state index contributed by atoms with van der Waals surface area (Å²) in [4.78, 5) is 39.3. The second kappa shape index (κ2) is 11.0. The molecule has 8 nitrogen and oxygen atoms in total. The second-order valence-corrected chi connectivity index (χ2v) is 8.40. The minimum absolute atomic E-state index is 0.0525. The van der Waals surface area contributed by atoms with Crippen LogP contribution in [0.1, 0.15) is 37.4 Å². The first-order valence-corrected chi connectivity index (χ1v) is 11.8. The lowest BCUT2D eigenvalue weighted by molar-refractivity contribution is -0.132. The first-order valence-electron chi connectivity index (χ1n) is 11.8. The van der Waals surface area contributed by atoms with Crippen molar-refractivity contribution in [2.45, 2.75) is 26.3 Å². The number of ether oxygens (including phenoxy) is 3. The van der Waals surface area contributed by atoms with Crippen molar-refractivity contribution in [2.75, 3.05) is 18.6 Å². The van der Waals surface area contributed by atoms with Gasteiger partial charge >= 0.3 is 5.97 Å². The molecule has 3 aromatic carbocycles. The number of benzene rings is 3. The highest BCUT2D eigenvalue weighted by Crippen LogP contribution is 2.43. The van der Waals surface area contributed by atoms with E-state index in [4.69, 9.17) is 14.2 Å². The van der Waals surface area contributed by atoms with E-state index >= 15 is 0 Å². The summed E-state index contributed by atoms with van der Waals surface area (Å²) in [5.74, 6) is -0.811. The number of anilines is 1. The summed E-state index contributed by atoms with van der Waals surface area (Å²) < 4.78 is 15.9. The van der Waals surface area contributed by atoms with E-state index in [1.807, 2.05) is 6.92 Å². The smallest absolute Gasteiger partial charge is 0.308 e. The van der Waals surface area contributed by atoms with Crippen LogP contribution in [0.4, 0.5) is 5.69 Å². The maximum atomic E-state index is 13.3. The summed E-state index contributed by atoms with van der Waals surface area (Å²) in [7, 11) is 1.53. The summed E-state index contributed by atoms with van der Waals surface area (Å²) in [6, 6.07) is 18.9. The minimum atomic E-state index is -0.921. The molecule has 190 valence electrons. The average molecular weight is 502 g/mol. The number of nitrogens with zero attached hydrogens (tertiary/aromatic N) is 1. The number of amides is 1. The molecule has 1 saturated heterocycles. The molecule has 1 amide bonds. The molecule has 0 radical (unpaired) electrons. The Labute approximate surface area is 214 Å². The van der Waals surface area contributed by atoms with E-state index in [1.165, 1.54) is 18.9 Å². The molecule has 3 aromatic rings. The molecule has 1 aliphatic heterocycles. The molecule has 0 spiro atoms. The lowest BCUT2D eigenvalue weighted by atomic mass is 9.95. The third-order valence-electron chi connectivity index (χ3n) is 5.85. The van der Waals surface area contributed by atoms with Crippen LogP contribution in [0.3, 0.4) is 0 Å². The number of aliphatic hydroxyl groups is 1. The molecular formula is C29H27NO7. The minimum Gasteiger partial charge on any atom is -0.507 e. The van der Waals surface area contributed by atoms with Crippen molar-refractivity contribution in [3.63, 3.8) is 0 Å². The molecular weight excluding hydrogens is 474 g/mol. The predicted molar refractivity (Wildman–Crippen MR) is 138 cm³/mol. The van der Waals surface area contributed by atoms with Gasteiger partial charge in [0.05, 0.1) is 25.3 Å². The van der Waals surface area contributed by atoms with Gasteiger partial charge in [-0.2, -0.15) is 0 Å². The van der Waals surface area contributed by atoms with Crippen molar-refractivity contribution in [1.82, 2.24) is 0 Å². The number of carbonyl (C=O) groups excluding carboxylic acids is 3. The van der Waals surface area contributed by atoms with E-state index in [1.54, 1.807) is 72.8 Å². The molecule has 0 saturated carbocycles. The first-order chi connectivity index (χ1) is 17.8. The third kappa shape index (κ3) is 5.33. The normalized spacial score (nSPS) is 16.5. The molecule has 0 aromatic heterocycles. The van der Waals surface area contributed by atoms with Crippen LogP contribution in [0.5, 0.6) is 17.2 Å². The molecule has 1 N–H and O–H groups in total. The molecule has 1 aliphatic rings. The van der Waals surface area contributed by atoms with Crippen LogP contribution in [0.15, 0.2) is 78.4 Å². The highest BCUT2D eigenvalue weighted by Gasteiger charge is 2.47. The first kappa shape index (κ1) is 25.5. The van der Waals surface area contributed by atoms with Crippen LogP contribution >= 0.6 is 0 Å². The Bertz CT molecular complexity index is 1330. The van der Waals surface area contributed by atoms with E-state index in [0.29, 0.717) is 40.7 Å². The van der Waals surface area contributed by atoms with Gasteiger partial charge in [0.2, 0.25) is 0 Å². The number of aliphatic hydroxyl groups excluding tert-OH is 1. The van der Waals surface area contributed by atoms with Crippen LogP contribution < -0.4 is 19.1 Å². The van der Waals surface area contributed by atoms with Crippen LogP contribution in [0.2, 0.25) is 0 Å². The third-order valence-corrected chi connectivity index (χ3v) is 5.85. The van der Waals surface area contributed by atoms with Gasteiger partial charge in [0.15, 0.2) is 0 Å². The number of hydrogen-bond donors (Lipinski definition) is 1. The summed E-state index contributed by atoms with van der Waals surface area (Å²) >= 11 is 0. The average Bonchev–Trinajstić information content (AvgIpc) is 3.17. The molecule has 0 bridgehead atoms. The van der Waals surface area contributed by atoms with Gasteiger partial charge in [0.1, 0.15) is 23.0 Å². The second-order valence-electron chi connectivity index (χ2n) is 8.40. The maximum Gasteiger partial charge on any atom is 0.308 e. The van der Waals surface area contributed by atoms with Gasteiger partial charge in [-0.05, 0) is 72.6 Å². The van der Waals surface area contributed by atoms with Gasteiger partial charge in [0, 0.05) is 18.2 Å². The predicted octanol–water partition coefficient (Wildman–Crippen LogP) is 5.04. The quantitative estimate of drug-likeness (QED) is 0.152. The Morgan fingerprint density at radius 3 is 2.05 bits per heavy atom. The van der Waals surface area contributed by atoms with Crippen molar-refractivity contribution in [3.8, 4) is 17.2 Å². The van der Waals surface area contributed by atoms with Crippen LogP contribution in [0, 0.1) is 0 Å². The Morgan fingerprint density at radius 1 is 0.892 bits per heavy atom. The molecule has 4 rings (SSSR count). The summed E-state index contributed by atoms with van der Waals surface area (Å²) in [5.41, 5.74) is 1.33. The van der Waals surface area contributed by atoms with E-state index in [2.05, 4.69) is 0 Å². The number of methoxy groups -OCH3 is 1. The Balaban J connectivity index is 1.82. The highest BCUT2D eigenvalue weighted by atomic mass is 16.5. The summed E-state index contributed by atoms with van der Waals surface area (Å²) in [6.45, 7) is 3.85. The Morgan fingerprint density at radius 2 is 1.49 bits per heavy atom. The van der Waals surface area contributed by atoms with Gasteiger partial charge in [0.25, 0.3) is 11.7 Å². The van der Waals surface area contributed by atoms with E-state index < -0.39 is 23.7 Å². The van der Waals surface area contributed by atoms with Crippen LogP contribution in [-0.2, 0) is 14.4 Å². The molecule has 1 heterocycles. The van der Waals surface area contributed by atoms with Crippen molar-refractivity contribution >= 4 is 29.1 Å². The fraction of sp³-hybridized carbons (Fsp3) is 0.207. The molecule has 1 fully saturated rings.